The van der Waals surface area contributed by atoms with E-state index < -0.39 is 0 Å². The molecular weight excluding hydrogens is 309 g/mol. The predicted octanol–water partition coefficient (Wildman–Crippen LogP) is 4.01. The van der Waals surface area contributed by atoms with E-state index in [0.717, 1.165) is 26.5 Å². The number of fused-ring (bicyclic) bond motifs is 1. The summed E-state index contributed by atoms with van der Waals surface area (Å²) in [7, 11) is 0. The van der Waals surface area contributed by atoms with Gasteiger partial charge in [-0.1, -0.05) is 17.7 Å². The minimum atomic E-state index is -0.217. The van der Waals surface area contributed by atoms with Crippen LogP contribution in [-0.2, 0) is 13.1 Å². The molecule has 110 valence electrons. The Morgan fingerprint density at radius 2 is 2.14 bits per heavy atom. The van der Waals surface area contributed by atoms with Gasteiger partial charge in [0, 0.05) is 21.5 Å². The Hall–Kier alpha value is -1.43. The lowest BCUT2D eigenvalue weighted by atomic mass is 10.1. The van der Waals surface area contributed by atoms with Crippen LogP contribution in [0.4, 0.5) is 4.39 Å². The van der Waals surface area contributed by atoms with Gasteiger partial charge in [0.2, 0.25) is 0 Å². The maximum absolute atomic E-state index is 14.2. The lowest BCUT2D eigenvalue weighted by Crippen LogP contribution is -2.07. The summed E-state index contributed by atoms with van der Waals surface area (Å²) < 4.78 is 16.9. The highest BCUT2D eigenvalue weighted by molar-refractivity contribution is 7.19. The lowest BCUT2D eigenvalue weighted by molar-refractivity contribution is 0.631. The Bertz CT molecular complexity index is 822. The summed E-state index contributed by atoms with van der Waals surface area (Å²) in [6.07, 6.45) is 0. The number of benzene rings is 1. The second kappa shape index (κ2) is 5.40. The van der Waals surface area contributed by atoms with Crippen LogP contribution in [0.2, 0.25) is 5.02 Å². The number of nitrogens with zero attached hydrogens (tertiary/aromatic N) is 2. The van der Waals surface area contributed by atoms with Crippen molar-refractivity contribution in [3.05, 3.63) is 50.9 Å². The van der Waals surface area contributed by atoms with Crippen LogP contribution in [0.5, 0.6) is 0 Å². The van der Waals surface area contributed by atoms with Gasteiger partial charge in [0.05, 0.1) is 23.0 Å². The molecule has 6 heteroatoms. The van der Waals surface area contributed by atoms with Crippen LogP contribution < -0.4 is 5.73 Å². The molecule has 0 atom stereocenters. The average Bonchev–Trinajstić information content (AvgIpc) is 2.94. The van der Waals surface area contributed by atoms with Gasteiger partial charge in [-0.3, -0.25) is 4.68 Å². The molecule has 0 aliphatic rings. The molecule has 3 rings (SSSR count). The zero-order valence-electron chi connectivity index (χ0n) is 11.8. The fourth-order valence-corrected chi connectivity index (χ4v) is 3.77. The van der Waals surface area contributed by atoms with Gasteiger partial charge in [-0.2, -0.15) is 5.10 Å². The smallest absolute Gasteiger partial charge is 0.132 e. The van der Waals surface area contributed by atoms with Crippen molar-refractivity contribution in [2.75, 3.05) is 0 Å². The first-order valence-corrected chi connectivity index (χ1v) is 7.80. The van der Waals surface area contributed by atoms with E-state index in [9.17, 15) is 4.39 Å². The Balaban J connectivity index is 2.17. The highest BCUT2D eigenvalue weighted by Gasteiger charge is 2.17. The largest absolute Gasteiger partial charge is 0.326 e. The van der Waals surface area contributed by atoms with Gasteiger partial charge in [0.25, 0.3) is 0 Å². The maximum atomic E-state index is 14.2. The van der Waals surface area contributed by atoms with Gasteiger partial charge in [-0.25, -0.2) is 4.39 Å². The van der Waals surface area contributed by atoms with Crippen LogP contribution in [0, 0.1) is 19.7 Å². The summed E-state index contributed by atoms with van der Waals surface area (Å²) in [6.45, 7) is 4.64. The summed E-state index contributed by atoms with van der Waals surface area (Å²) in [5.74, 6) is -0.217. The van der Waals surface area contributed by atoms with Gasteiger partial charge in [-0.15, -0.1) is 11.3 Å². The quantitative estimate of drug-likeness (QED) is 0.791. The lowest BCUT2D eigenvalue weighted by Gasteiger charge is -2.07. The highest BCUT2D eigenvalue weighted by atomic mass is 35.5. The van der Waals surface area contributed by atoms with Gasteiger partial charge < -0.3 is 5.73 Å². The summed E-state index contributed by atoms with van der Waals surface area (Å²) >= 11 is 7.72. The van der Waals surface area contributed by atoms with Crippen molar-refractivity contribution in [1.82, 2.24) is 9.78 Å². The van der Waals surface area contributed by atoms with E-state index >= 15 is 0 Å². The summed E-state index contributed by atoms with van der Waals surface area (Å²) in [4.78, 5) is 0.985. The molecule has 0 saturated carbocycles. The third-order valence-corrected chi connectivity index (χ3v) is 5.40. The summed E-state index contributed by atoms with van der Waals surface area (Å²) in [5.41, 5.74) is 8.39. The first-order valence-electron chi connectivity index (χ1n) is 6.61. The van der Waals surface area contributed by atoms with Gasteiger partial charge >= 0.3 is 0 Å². The number of hydrogen-bond acceptors (Lipinski definition) is 3. The molecule has 2 N–H and O–H groups in total. The zero-order valence-corrected chi connectivity index (χ0v) is 13.4. The molecule has 0 spiro atoms. The molecule has 0 saturated heterocycles. The third-order valence-electron chi connectivity index (χ3n) is 3.63. The number of aryl methyl sites for hydroxylation is 1. The van der Waals surface area contributed by atoms with Gasteiger partial charge in [0.15, 0.2) is 0 Å². The van der Waals surface area contributed by atoms with E-state index in [2.05, 4.69) is 5.10 Å². The summed E-state index contributed by atoms with van der Waals surface area (Å²) in [6, 6.07) is 5.12. The van der Waals surface area contributed by atoms with E-state index in [1.165, 1.54) is 17.4 Å². The topological polar surface area (TPSA) is 43.8 Å². The minimum Gasteiger partial charge on any atom is -0.326 e. The van der Waals surface area contributed by atoms with E-state index in [1.54, 1.807) is 6.07 Å². The van der Waals surface area contributed by atoms with E-state index in [0.29, 0.717) is 23.5 Å². The molecule has 0 aliphatic carbocycles. The van der Waals surface area contributed by atoms with Crippen molar-refractivity contribution in [3.63, 3.8) is 0 Å². The number of thiophene rings is 1. The van der Waals surface area contributed by atoms with Crippen molar-refractivity contribution in [1.29, 1.82) is 0 Å². The molecule has 2 aromatic heterocycles. The van der Waals surface area contributed by atoms with Crippen molar-refractivity contribution in [2.45, 2.75) is 26.9 Å². The van der Waals surface area contributed by atoms with Crippen molar-refractivity contribution in [3.8, 4) is 0 Å². The van der Waals surface area contributed by atoms with Crippen LogP contribution in [0.25, 0.3) is 10.1 Å². The second-order valence-electron chi connectivity index (χ2n) is 4.96. The number of hydrogen-bond donors (Lipinski definition) is 1. The molecule has 3 nitrogen and oxygen atoms in total. The first kappa shape index (κ1) is 14.5. The fourth-order valence-electron chi connectivity index (χ4n) is 2.53. The molecule has 0 radical (unpaired) electrons. The van der Waals surface area contributed by atoms with Crippen molar-refractivity contribution >= 4 is 33.0 Å². The van der Waals surface area contributed by atoms with Crippen LogP contribution in [-0.4, -0.2) is 9.78 Å². The van der Waals surface area contributed by atoms with E-state index in [-0.39, 0.29) is 5.82 Å². The van der Waals surface area contributed by atoms with E-state index in [4.69, 9.17) is 17.3 Å². The average molecular weight is 324 g/mol. The van der Waals surface area contributed by atoms with Crippen LogP contribution >= 0.6 is 22.9 Å². The standard InChI is InChI=1S/C15H15ClFN3S/c1-8-15(16)9(2)20(19-8)7-10-13(6-18)21-12-5-3-4-11(17)14(10)12/h3-5H,6-7,18H2,1-2H3. The predicted molar refractivity (Wildman–Crippen MR) is 85.5 cm³/mol. The fraction of sp³-hybridized carbons (Fsp3) is 0.267. The zero-order chi connectivity index (χ0) is 15.1. The summed E-state index contributed by atoms with van der Waals surface area (Å²) in [5, 5.41) is 5.72. The molecule has 0 amide bonds. The molecule has 3 aromatic rings. The van der Waals surface area contributed by atoms with Crippen LogP contribution in [0.15, 0.2) is 18.2 Å². The Morgan fingerprint density at radius 3 is 2.76 bits per heavy atom. The Labute approximate surface area is 131 Å². The van der Waals surface area contributed by atoms with Crippen molar-refractivity contribution in [2.24, 2.45) is 5.73 Å². The molecular formula is C15H15ClFN3S. The Morgan fingerprint density at radius 1 is 1.38 bits per heavy atom. The number of nitrogens with two attached hydrogens (primary N) is 1. The second-order valence-corrected chi connectivity index (χ2v) is 6.48. The van der Waals surface area contributed by atoms with Crippen LogP contribution in [0.3, 0.4) is 0 Å². The molecule has 2 heterocycles. The molecule has 0 bridgehead atoms. The van der Waals surface area contributed by atoms with Crippen molar-refractivity contribution < 1.29 is 4.39 Å². The minimum absolute atomic E-state index is 0.217. The van der Waals surface area contributed by atoms with Gasteiger partial charge in [-0.05, 0) is 31.5 Å². The monoisotopic (exact) mass is 323 g/mol. The van der Waals surface area contributed by atoms with Crippen LogP contribution in [0.1, 0.15) is 21.8 Å². The Kier molecular flexibility index (Phi) is 3.73. The number of halogens is 2. The molecule has 0 fully saturated rings. The molecule has 0 aliphatic heterocycles. The molecule has 1 aromatic carbocycles. The first-order chi connectivity index (χ1) is 10.0. The van der Waals surface area contributed by atoms with Gasteiger partial charge in [0.1, 0.15) is 5.82 Å². The highest BCUT2D eigenvalue weighted by Crippen LogP contribution is 2.34. The normalized spacial score (nSPS) is 11.5. The number of rotatable bonds is 3. The SMILES string of the molecule is Cc1nn(Cc2c(CN)sc3cccc(F)c23)c(C)c1Cl. The molecule has 0 unspecified atom stereocenters. The molecule has 21 heavy (non-hydrogen) atoms. The number of aromatic nitrogens is 2. The van der Waals surface area contributed by atoms with E-state index in [1.807, 2.05) is 24.6 Å². The third kappa shape index (κ3) is 2.35. The maximum Gasteiger partial charge on any atom is 0.132 e.